The van der Waals surface area contributed by atoms with Crippen LogP contribution in [-0.2, 0) is 0 Å². The Bertz CT molecular complexity index is 467. The summed E-state index contributed by atoms with van der Waals surface area (Å²) in [6.45, 7) is 0. The van der Waals surface area contributed by atoms with Gasteiger partial charge in [-0.05, 0) is 12.3 Å². The maximum atomic E-state index is 13.5. The second kappa shape index (κ2) is 3.70. The highest BCUT2D eigenvalue weighted by Gasteiger charge is 2.25. The summed E-state index contributed by atoms with van der Waals surface area (Å²) in [6, 6.07) is 0.741. The normalized spacial score (nSPS) is 19.9. The molecule has 5 heteroatoms. The lowest BCUT2D eigenvalue weighted by molar-refractivity contribution is 0.376. The number of rotatable bonds is 1. The molecule has 1 aromatic carbocycles. The van der Waals surface area contributed by atoms with Gasteiger partial charge in [0, 0.05) is 17.2 Å². The van der Waals surface area contributed by atoms with Gasteiger partial charge in [-0.3, -0.25) is 0 Å². The Labute approximate surface area is 92.0 Å². The monoisotopic (exact) mass is 232 g/mol. The summed E-state index contributed by atoms with van der Waals surface area (Å²) < 4.78 is 39.2. The van der Waals surface area contributed by atoms with Crippen LogP contribution in [0.5, 0.6) is 5.75 Å². The first-order valence-corrected chi connectivity index (χ1v) is 4.65. The van der Waals surface area contributed by atoms with E-state index in [4.69, 9.17) is 17.7 Å². The van der Waals surface area contributed by atoms with E-state index < -0.39 is 17.1 Å². The Morgan fingerprint density at radius 3 is 2.93 bits per heavy atom. The zero-order chi connectivity index (χ0) is 11.9. The molecule has 0 saturated heterocycles. The Hall–Kier alpha value is -1.29. The highest BCUT2D eigenvalue weighted by molar-refractivity contribution is 6.21. The van der Waals surface area contributed by atoms with Crippen LogP contribution in [0.1, 0.15) is 16.6 Å². The summed E-state index contributed by atoms with van der Waals surface area (Å²) in [5.41, 5.74) is -0.680. The van der Waals surface area contributed by atoms with Crippen LogP contribution in [0.15, 0.2) is 12.3 Å². The summed E-state index contributed by atoms with van der Waals surface area (Å²) in [7, 11) is 1.27. The molecule has 1 N–H and O–H groups in total. The van der Waals surface area contributed by atoms with Crippen molar-refractivity contribution in [3.8, 4) is 5.75 Å². The Balaban J connectivity index is 2.73. The molecule has 0 saturated carbocycles. The average molecular weight is 233 g/mol. The van der Waals surface area contributed by atoms with Crippen molar-refractivity contribution < 1.29 is 14.9 Å². The highest BCUT2D eigenvalue weighted by atomic mass is 35.5. The van der Waals surface area contributed by atoms with Crippen molar-refractivity contribution in [1.29, 1.82) is 0 Å². The fourth-order valence-electron chi connectivity index (χ4n) is 1.52. The van der Waals surface area contributed by atoms with Gasteiger partial charge in [0.2, 0.25) is 0 Å². The molecular formula is C10H8ClF2NO. The number of fused-ring (bicyclic) bond motifs is 1. The van der Waals surface area contributed by atoms with E-state index in [9.17, 15) is 8.78 Å². The molecular weight excluding hydrogens is 224 g/mol. The van der Waals surface area contributed by atoms with Crippen LogP contribution in [0.3, 0.4) is 0 Å². The third-order valence-corrected chi connectivity index (χ3v) is 2.49. The standard InChI is InChI=1S/C10H8ClF2NO/c1-15-9-7(13)4-6(12)5-2-3-14-10(11)8(5)9/h2-4,10,14H,1H3/i/hD. The smallest absolute Gasteiger partial charge is 0.168 e. The Morgan fingerprint density at radius 2 is 2.27 bits per heavy atom. The predicted molar refractivity (Wildman–Crippen MR) is 53.7 cm³/mol. The van der Waals surface area contributed by atoms with E-state index in [1.807, 2.05) is 0 Å². The number of ether oxygens (including phenoxy) is 1. The largest absolute Gasteiger partial charge is 0.493 e. The fraction of sp³-hybridized carbons (Fsp3) is 0.200. The van der Waals surface area contributed by atoms with Gasteiger partial charge >= 0.3 is 0 Å². The van der Waals surface area contributed by atoms with E-state index in [1.165, 1.54) is 19.4 Å². The van der Waals surface area contributed by atoms with Crippen molar-refractivity contribution in [3.63, 3.8) is 0 Å². The summed E-state index contributed by atoms with van der Waals surface area (Å²) >= 11 is 5.90. The Morgan fingerprint density at radius 1 is 1.53 bits per heavy atom. The van der Waals surface area contributed by atoms with Crippen LogP contribution in [-0.4, -0.2) is 7.11 Å². The van der Waals surface area contributed by atoms with Gasteiger partial charge in [0.05, 0.1) is 7.11 Å². The molecule has 2 rings (SSSR count). The van der Waals surface area contributed by atoms with E-state index in [1.54, 1.807) is 0 Å². The lowest BCUT2D eigenvalue weighted by Gasteiger charge is -2.21. The molecule has 1 aliphatic rings. The van der Waals surface area contributed by atoms with Gasteiger partial charge in [0.25, 0.3) is 0 Å². The van der Waals surface area contributed by atoms with Gasteiger partial charge in [-0.2, -0.15) is 0 Å². The summed E-state index contributed by atoms with van der Waals surface area (Å²) in [4.78, 5) is 0. The molecule has 1 aliphatic heterocycles. The minimum absolute atomic E-state index is 0.127. The van der Waals surface area contributed by atoms with Gasteiger partial charge in [0.15, 0.2) is 13.0 Å². The third kappa shape index (κ3) is 1.55. The first-order chi connectivity index (χ1) is 7.56. The summed E-state index contributed by atoms with van der Waals surface area (Å²) in [6.07, 6.45) is 2.67. The van der Waals surface area contributed by atoms with Crippen molar-refractivity contribution >= 4 is 17.7 Å². The van der Waals surface area contributed by atoms with E-state index in [0.29, 0.717) is 0 Å². The molecule has 1 unspecified atom stereocenters. The van der Waals surface area contributed by atoms with Gasteiger partial charge in [-0.1, -0.05) is 11.6 Å². The third-order valence-electron chi connectivity index (χ3n) is 2.16. The van der Waals surface area contributed by atoms with Crippen LogP contribution in [0.25, 0.3) is 6.08 Å². The second-order valence-corrected chi connectivity index (χ2v) is 3.41. The number of alkyl halides is 1. The van der Waals surface area contributed by atoms with E-state index >= 15 is 0 Å². The first-order valence-electron chi connectivity index (χ1n) is 4.66. The molecule has 0 amide bonds. The maximum Gasteiger partial charge on any atom is 0.168 e. The first kappa shape index (κ1) is 8.97. The minimum Gasteiger partial charge on any atom is -0.493 e. The van der Waals surface area contributed by atoms with Crippen LogP contribution >= 0.6 is 11.6 Å². The predicted octanol–water partition coefficient (Wildman–Crippen LogP) is 2.78. The van der Waals surface area contributed by atoms with E-state index in [2.05, 4.69) is 0 Å². The lowest BCUT2D eigenvalue weighted by atomic mass is 10.0. The van der Waals surface area contributed by atoms with E-state index in [-0.39, 0.29) is 16.9 Å². The molecule has 1 aromatic rings. The zero-order valence-corrected chi connectivity index (χ0v) is 8.55. The van der Waals surface area contributed by atoms with Crippen molar-refractivity contribution in [2.75, 3.05) is 7.11 Å². The quantitative estimate of drug-likeness (QED) is 0.594. The summed E-state index contributed by atoms with van der Waals surface area (Å²) in [5, 5.41) is 0.894. The van der Waals surface area contributed by atoms with Crippen LogP contribution in [0.4, 0.5) is 8.78 Å². The topological polar surface area (TPSA) is 21.3 Å². The van der Waals surface area contributed by atoms with Crippen molar-refractivity contribution in [2.45, 2.75) is 5.50 Å². The SMILES string of the molecule is [2H]N1C=Cc2c(F)cc(F)c(OC)c2C1Cl. The van der Waals surface area contributed by atoms with Crippen molar-refractivity contribution in [2.24, 2.45) is 0 Å². The molecule has 0 bridgehead atoms. The van der Waals surface area contributed by atoms with E-state index in [0.717, 1.165) is 11.4 Å². The molecule has 0 aromatic heterocycles. The number of hydrogen-bond donors (Lipinski definition) is 1. The fourth-order valence-corrected chi connectivity index (χ4v) is 1.80. The average Bonchev–Trinajstić information content (AvgIpc) is 2.24. The molecule has 0 fully saturated rings. The number of methoxy groups -OCH3 is 1. The molecule has 1 atom stereocenters. The van der Waals surface area contributed by atoms with Crippen LogP contribution < -0.4 is 10.0 Å². The molecule has 2 nitrogen and oxygen atoms in total. The number of benzene rings is 1. The minimum atomic E-state index is -0.972. The zero-order valence-electron chi connectivity index (χ0n) is 8.80. The maximum absolute atomic E-state index is 13.5. The lowest BCUT2D eigenvalue weighted by Crippen LogP contribution is -2.17. The second-order valence-electron chi connectivity index (χ2n) is 3.00. The molecule has 1 heterocycles. The van der Waals surface area contributed by atoms with Crippen LogP contribution in [0, 0.1) is 11.6 Å². The van der Waals surface area contributed by atoms with Gasteiger partial charge in [-0.25, -0.2) is 8.78 Å². The van der Waals surface area contributed by atoms with Gasteiger partial charge in [-0.15, -0.1) is 0 Å². The number of nitrogens with one attached hydrogen (secondary N) is 1. The van der Waals surface area contributed by atoms with Crippen LogP contribution in [0.2, 0.25) is 1.41 Å². The number of halogens is 3. The summed E-state index contributed by atoms with van der Waals surface area (Å²) in [5.74, 6) is -1.67. The van der Waals surface area contributed by atoms with Crippen molar-refractivity contribution in [3.05, 3.63) is 35.0 Å². The number of hydrogen-bond acceptors (Lipinski definition) is 2. The molecule has 80 valence electrons. The molecule has 0 aliphatic carbocycles. The van der Waals surface area contributed by atoms with Crippen molar-refractivity contribution in [1.82, 2.24) is 5.31 Å². The molecule has 0 spiro atoms. The van der Waals surface area contributed by atoms with Gasteiger partial charge < -0.3 is 10.0 Å². The molecule has 15 heavy (non-hydrogen) atoms. The molecule has 0 radical (unpaired) electrons. The highest BCUT2D eigenvalue weighted by Crippen LogP contribution is 2.37. The Kier molecular flexibility index (Phi) is 2.21. The van der Waals surface area contributed by atoms with Gasteiger partial charge in [0.1, 0.15) is 11.3 Å².